The standard InChI is InChI=1S/C14H24N2O4/c1-4-15(5-2)11(17)6-7-12(18)16-9-8-14(3,10-16)13(19)20/h4-10H2,1-3H3,(H,19,20). The average Bonchev–Trinajstić information content (AvgIpc) is 2.81. The van der Waals surface area contributed by atoms with Crippen LogP contribution in [0, 0.1) is 5.41 Å². The Hall–Kier alpha value is -1.59. The lowest BCUT2D eigenvalue weighted by Crippen LogP contribution is -2.36. The maximum Gasteiger partial charge on any atom is 0.311 e. The smallest absolute Gasteiger partial charge is 0.311 e. The predicted molar refractivity (Wildman–Crippen MR) is 74.1 cm³/mol. The largest absolute Gasteiger partial charge is 0.481 e. The number of carbonyl (C=O) groups is 3. The van der Waals surface area contributed by atoms with Crippen molar-refractivity contribution in [1.29, 1.82) is 0 Å². The molecule has 1 rings (SSSR count). The van der Waals surface area contributed by atoms with Crippen LogP contribution >= 0.6 is 0 Å². The molecular formula is C14H24N2O4. The van der Waals surface area contributed by atoms with E-state index in [1.54, 1.807) is 16.7 Å². The molecule has 1 unspecified atom stereocenters. The molecule has 1 fully saturated rings. The first kappa shape index (κ1) is 16.5. The van der Waals surface area contributed by atoms with Crippen molar-refractivity contribution in [3.8, 4) is 0 Å². The molecule has 0 bridgehead atoms. The molecule has 1 saturated heterocycles. The fraction of sp³-hybridized carbons (Fsp3) is 0.786. The third-order valence-electron chi connectivity index (χ3n) is 4.01. The fourth-order valence-electron chi connectivity index (χ4n) is 2.45. The van der Waals surface area contributed by atoms with Crippen LogP contribution in [0.25, 0.3) is 0 Å². The molecule has 0 spiro atoms. The molecule has 0 aromatic carbocycles. The Morgan fingerprint density at radius 3 is 2.25 bits per heavy atom. The van der Waals surface area contributed by atoms with E-state index < -0.39 is 11.4 Å². The predicted octanol–water partition coefficient (Wildman–Crippen LogP) is 0.958. The number of likely N-dealkylation sites (tertiary alicyclic amines) is 1. The molecule has 2 amide bonds. The Balaban J connectivity index is 2.45. The van der Waals surface area contributed by atoms with Crippen LogP contribution < -0.4 is 0 Å². The number of aliphatic carboxylic acids is 1. The molecule has 0 aromatic rings. The van der Waals surface area contributed by atoms with Crippen molar-refractivity contribution in [2.24, 2.45) is 5.41 Å². The van der Waals surface area contributed by atoms with Gasteiger partial charge in [0.05, 0.1) is 5.41 Å². The summed E-state index contributed by atoms with van der Waals surface area (Å²) in [6.07, 6.45) is 0.823. The lowest BCUT2D eigenvalue weighted by atomic mass is 9.90. The molecule has 0 radical (unpaired) electrons. The highest BCUT2D eigenvalue weighted by Gasteiger charge is 2.41. The van der Waals surface area contributed by atoms with Crippen LogP contribution in [0.5, 0.6) is 0 Å². The molecule has 20 heavy (non-hydrogen) atoms. The topological polar surface area (TPSA) is 77.9 Å². The van der Waals surface area contributed by atoms with Gasteiger partial charge in [0.1, 0.15) is 0 Å². The van der Waals surface area contributed by atoms with Crippen LogP contribution in [0.2, 0.25) is 0 Å². The van der Waals surface area contributed by atoms with E-state index in [9.17, 15) is 14.4 Å². The summed E-state index contributed by atoms with van der Waals surface area (Å²) in [5.41, 5.74) is -0.849. The maximum atomic E-state index is 12.0. The zero-order valence-corrected chi connectivity index (χ0v) is 12.5. The third-order valence-corrected chi connectivity index (χ3v) is 4.01. The first-order chi connectivity index (χ1) is 9.34. The van der Waals surface area contributed by atoms with Gasteiger partial charge in [0, 0.05) is 39.0 Å². The van der Waals surface area contributed by atoms with Gasteiger partial charge in [-0.05, 0) is 27.2 Å². The van der Waals surface area contributed by atoms with Crippen LogP contribution in [0.3, 0.4) is 0 Å². The molecule has 1 aliphatic rings. The summed E-state index contributed by atoms with van der Waals surface area (Å²) < 4.78 is 0. The third kappa shape index (κ3) is 3.71. The Bertz CT molecular complexity index is 393. The van der Waals surface area contributed by atoms with Crippen molar-refractivity contribution in [1.82, 2.24) is 9.80 Å². The number of carbonyl (C=O) groups excluding carboxylic acids is 2. The first-order valence-electron chi connectivity index (χ1n) is 7.13. The average molecular weight is 284 g/mol. The molecule has 114 valence electrons. The second-order valence-electron chi connectivity index (χ2n) is 5.50. The first-order valence-corrected chi connectivity index (χ1v) is 7.13. The highest BCUT2D eigenvalue weighted by atomic mass is 16.4. The van der Waals surface area contributed by atoms with Crippen LogP contribution in [0.15, 0.2) is 0 Å². The zero-order valence-electron chi connectivity index (χ0n) is 12.5. The van der Waals surface area contributed by atoms with E-state index in [0.29, 0.717) is 26.1 Å². The normalized spacial score (nSPS) is 21.9. The number of carboxylic acid groups (broad SMARTS) is 1. The number of rotatable bonds is 6. The SMILES string of the molecule is CCN(CC)C(=O)CCC(=O)N1CCC(C)(C(=O)O)C1. The van der Waals surface area contributed by atoms with E-state index in [0.717, 1.165) is 0 Å². The quantitative estimate of drug-likeness (QED) is 0.788. The Morgan fingerprint density at radius 1 is 1.20 bits per heavy atom. The van der Waals surface area contributed by atoms with Gasteiger partial charge in [0.25, 0.3) is 0 Å². The van der Waals surface area contributed by atoms with Crippen molar-refractivity contribution in [2.45, 2.75) is 40.0 Å². The minimum absolute atomic E-state index is 0.0245. The lowest BCUT2D eigenvalue weighted by molar-refractivity contribution is -0.147. The van der Waals surface area contributed by atoms with Gasteiger partial charge in [0.15, 0.2) is 0 Å². The zero-order chi connectivity index (χ0) is 15.3. The fourth-order valence-corrected chi connectivity index (χ4v) is 2.45. The molecule has 0 aromatic heterocycles. The molecule has 1 atom stereocenters. The van der Waals surface area contributed by atoms with Crippen molar-refractivity contribution < 1.29 is 19.5 Å². The molecule has 0 aliphatic carbocycles. The number of carboxylic acids is 1. The molecule has 0 saturated carbocycles. The minimum Gasteiger partial charge on any atom is -0.481 e. The number of hydrogen-bond acceptors (Lipinski definition) is 3. The number of nitrogens with zero attached hydrogens (tertiary/aromatic N) is 2. The molecule has 6 nitrogen and oxygen atoms in total. The van der Waals surface area contributed by atoms with Gasteiger partial charge < -0.3 is 14.9 Å². The number of amides is 2. The van der Waals surface area contributed by atoms with Crippen molar-refractivity contribution in [2.75, 3.05) is 26.2 Å². The van der Waals surface area contributed by atoms with Crippen LogP contribution in [0.1, 0.15) is 40.0 Å². The Morgan fingerprint density at radius 2 is 1.80 bits per heavy atom. The van der Waals surface area contributed by atoms with Crippen LogP contribution in [0.4, 0.5) is 0 Å². The van der Waals surface area contributed by atoms with E-state index in [1.165, 1.54) is 0 Å². The molecule has 6 heteroatoms. The summed E-state index contributed by atoms with van der Waals surface area (Å²) in [6, 6.07) is 0. The molecule has 1 aliphatic heterocycles. The summed E-state index contributed by atoms with van der Waals surface area (Å²) in [5.74, 6) is -1.02. The van der Waals surface area contributed by atoms with Gasteiger partial charge in [-0.3, -0.25) is 14.4 Å². The Labute approximate surface area is 119 Å². The molecule has 1 N–H and O–H groups in total. The minimum atomic E-state index is -0.869. The van der Waals surface area contributed by atoms with E-state index in [2.05, 4.69) is 0 Å². The summed E-state index contributed by atoms with van der Waals surface area (Å²) in [6.45, 7) is 7.45. The summed E-state index contributed by atoms with van der Waals surface area (Å²) in [7, 11) is 0. The molecular weight excluding hydrogens is 260 g/mol. The monoisotopic (exact) mass is 284 g/mol. The van der Waals surface area contributed by atoms with Gasteiger partial charge >= 0.3 is 5.97 Å². The highest BCUT2D eigenvalue weighted by molar-refractivity contribution is 5.85. The highest BCUT2D eigenvalue weighted by Crippen LogP contribution is 2.30. The Kier molecular flexibility index (Phi) is 5.53. The van der Waals surface area contributed by atoms with Crippen LogP contribution in [-0.4, -0.2) is 58.9 Å². The number of hydrogen-bond donors (Lipinski definition) is 1. The van der Waals surface area contributed by atoms with Crippen molar-refractivity contribution in [3.63, 3.8) is 0 Å². The summed E-state index contributed by atoms with van der Waals surface area (Å²) >= 11 is 0. The van der Waals surface area contributed by atoms with Crippen molar-refractivity contribution >= 4 is 17.8 Å². The van der Waals surface area contributed by atoms with Crippen LogP contribution in [-0.2, 0) is 14.4 Å². The maximum absolute atomic E-state index is 12.0. The van der Waals surface area contributed by atoms with E-state index in [4.69, 9.17) is 5.11 Å². The van der Waals surface area contributed by atoms with Gasteiger partial charge in [-0.2, -0.15) is 0 Å². The van der Waals surface area contributed by atoms with E-state index >= 15 is 0 Å². The van der Waals surface area contributed by atoms with E-state index in [1.807, 2.05) is 13.8 Å². The van der Waals surface area contributed by atoms with E-state index in [-0.39, 0.29) is 31.2 Å². The van der Waals surface area contributed by atoms with Gasteiger partial charge in [-0.25, -0.2) is 0 Å². The summed E-state index contributed by atoms with van der Waals surface area (Å²) in [5, 5.41) is 9.13. The van der Waals surface area contributed by atoms with Crippen molar-refractivity contribution in [3.05, 3.63) is 0 Å². The second-order valence-corrected chi connectivity index (χ2v) is 5.50. The van der Waals surface area contributed by atoms with Gasteiger partial charge in [-0.1, -0.05) is 0 Å². The molecule has 1 heterocycles. The lowest BCUT2D eigenvalue weighted by Gasteiger charge is -2.21. The van der Waals surface area contributed by atoms with Gasteiger partial charge in [0.2, 0.25) is 11.8 Å². The second kappa shape index (κ2) is 6.72. The summed E-state index contributed by atoms with van der Waals surface area (Å²) in [4.78, 5) is 38.2. The van der Waals surface area contributed by atoms with Gasteiger partial charge in [-0.15, -0.1) is 0 Å².